The Hall–Kier alpha value is -4.14. The van der Waals surface area contributed by atoms with Crippen LogP contribution in [-0.2, 0) is 15.8 Å². The normalized spacial score (nSPS) is 11.3. The molecule has 6 nitrogen and oxygen atoms in total. The molecule has 0 unspecified atom stereocenters. The van der Waals surface area contributed by atoms with Gasteiger partial charge in [-0.2, -0.15) is 13.2 Å². The van der Waals surface area contributed by atoms with E-state index in [0.29, 0.717) is 12.1 Å². The van der Waals surface area contributed by atoms with Crippen molar-refractivity contribution in [3.05, 3.63) is 92.5 Å². The molecular weight excluding hydrogens is 596 g/mol. The lowest BCUT2D eigenvalue weighted by Crippen LogP contribution is -2.21. The predicted octanol–water partition coefficient (Wildman–Crippen LogP) is 7.00. The topological polar surface area (TPSA) is 92.7 Å². The number of alkyl halides is 3. The summed E-state index contributed by atoms with van der Waals surface area (Å²) < 4.78 is 73.2. The van der Waals surface area contributed by atoms with Crippen molar-refractivity contribution >= 4 is 46.5 Å². The summed E-state index contributed by atoms with van der Waals surface area (Å²) in [5.41, 5.74) is -4.20. The summed E-state index contributed by atoms with van der Waals surface area (Å²) in [6.45, 7) is 1.90. The molecule has 0 spiro atoms. The Bertz CT molecular complexity index is 1610. The molecule has 2 N–H and O–H groups in total. The summed E-state index contributed by atoms with van der Waals surface area (Å²) in [6.07, 6.45) is -4.91. The van der Waals surface area contributed by atoms with E-state index in [1.807, 2.05) is 0 Å². The molecule has 0 radical (unpaired) electrons. The van der Waals surface area contributed by atoms with E-state index < -0.39 is 63.6 Å². The second-order valence-corrected chi connectivity index (χ2v) is 9.82. The van der Waals surface area contributed by atoms with Crippen LogP contribution < -0.4 is 10.1 Å². The van der Waals surface area contributed by atoms with Gasteiger partial charge in [0.1, 0.15) is 22.0 Å². The van der Waals surface area contributed by atoms with E-state index in [0.717, 1.165) is 6.07 Å². The quantitative estimate of drug-likeness (QED) is 0.170. The first kappa shape index (κ1) is 31.4. The number of carboxylic acid groups (broad SMARTS) is 1. The third-order valence-corrected chi connectivity index (χ3v) is 6.04. The van der Waals surface area contributed by atoms with E-state index in [1.165, 1.54) is 38.1 Å². The van der Waals surface area contributed by atoms with Crippen LogP contribution in [0, 0.1) is 28.9 Å². The zero-order valence-electron chi connectivity index (χ0n) is 21.1. The SMILES string of the molecule is CC(C)(C#Cc1ccc(NC(=O)COc2ccc(Cl)cc2C(=O)c2cc(F)cc(C(F)(F)F)c2)c(Cl)c1F)C(=O)O. The Morgan fingerprint density at radius 2 is 1.68 bits per heavy atom. The standard InChI is InChI=1S/C28H18Cl2F5NO5/c1-27(2,26(39)40)8-7-14-3-5-20(23(30)24(14)32)36-22(37)13-41-21-6-4-17(29)12-19(21)25(38)15-9-16(28(33,34)35)11-18(31)10-15/h3-6,9-12H,13H2,1-2H3,(H,36,37)(H,39,40). The average Bonchev–Trinajstić information content (AvgIpc) is 2.88. The summed E-state index contributed by atoms with van der Waals surface area (Å²) in [4.78, 5) is 36.6. The Morgan fingerprint density at radius 1 is 1.00 bits per heavy atom. The fourth-order valence-electron chi connectivity index (χ4n) is 3.19. The molecule has 0 bridgehead atoms. The van der Waals surface area contributed by atoms with Gasteiger partial charge in [-0.1, -0.05) is 35.0 Å². The second kappa shape index (κ2) is 12.2. The Kier molecular flexibility index (Phi) is 9.31. The van der Waals surface area contributed by atoms with Crippen molar-refractivity contribution < 1.29 is 46.2 Å². The van der Waals surface area contributed by atoms with Gasteiger partial charge in [0.05, 0.1) is 22.4 Å². The van der Waals surface area contributed by atoms with Crippen LogP contribution in [0.4, 0.5) is 27.6 Å². The number of ketones is 1. The zero-order valence-corrected chi connectivity index (χ0v) is 22.6. The molecule has 13 heteroatoms. The number of benzene rings is 3. The minimum atomic E-state index is -4.91. The van der Waals surface area contributed by atoms with Crippen molar-refractivity contribution in [2.45, 2.75) is 20.0 Å². The average molecular weight is 614 g/mol. The predicted molar refractivity (Wildman–Crippen MR) is 140 cm³/mol. The van der Waals surface area contributed by atoms with Crippen molar-refractivity contribution in [2.24, 2.45) is 5.41 Å². The van der Waals surface area contributed by atoms with Crippen LogP contribution in [0.3, 0.4) is 0 Å². The summed E-state index contributed by atoms with van der Waals surface area (Å²) >= 11 is 11.9. The van der Waals surface area contributed by atoms with E-state index in [-0.39, 0.29) is 33.7 Å². The molecule has 3 rings (SSSR count). The van der Waals surface area contributed by atoms with Gasteiger partial charge >= 0.3 is 12.1 Å². The summed E-state index contributed by atoms with van der Waals surface area (Å²) in [5.74, 6) is -0.885. The molecule has 0 saturated heterocycles. The maximum atomic E-state index is 14.7. The number of hydrogen-bond acceptors (Lipinski definition) is 4. The molecule has 0 aromatic heterocycles. The molecule has 0 heterocycles. The number of nitrogens with one attached hydrogen (secondary N) is 1. The van der Waals surface area contributed by atoms with E-state index in [2.05, 4.69) is 17.2 Å². The minimum absolute atomic E-state index is 0.00906. The van der Waals surface area contributed by atoms with Crippen LogP contribution in [0.1, 0.15) is 40.9 Å². The molecule has 0 fully saturated rings. The van der Waals surface area contributed by atoms with E-state index in [1.54, 1.807) is 0 Å². The monoisotopic (exact) mass is 613 g/mol. The highest BCUT2D eigenvalue weighted by atomic mass is 35.5. The summed E-state index contributed by atoms with van der Waals surface area (Å²) in [5, 5.41) is 10.9. The molecule has 0 aliphatic rings. The Labute approximate surface area is 240 Å². The third kappa shape index (κ3) is 7.74. The van der Waals surface area contributed by atoms with Crippen molar-refractivity contribution in [2.75, 3.05) is 11.9 Å². The van der Waals surface area contributed by atoms with Crippen molar-refractivity contribution in [3.8, 4) is 17.6 Å². The van der Waals surface area contributed by atoms with Crippen LogP contribution in [0.2, 0.25) is 10.0 Å². The van der Waals surface area contributed by atoms with Crippen molar-refractivity contribution in [3.63, 3.8) is 0 Å². The fraction of sp³-hybridized carbons (Fsp3) is 0.179. The van der Waals surface area contributed by atoms with Crippen molar-refractivity contribution in [1.29, 1.82) is 0 Å². The van der Waals surface area contributed by atoms with Crippen LogP contribution >= 0.6 is 23.2 Å². The number of hydrogen-bond donors (Lipinski definition) is 2. The van der Waals surface area contributed by atoms with Gasteiger partial charge in [-0.05, 0) is 62.4 Å². The number of anilines is 1. The molecule has 3 aromatic carbocycles. The maximum absolute atomic E-state index is 14.7. The second-order valence-electron chi connectivity index (χ2n) is 9.00. The van der Waals surface area contributed by atoms with Crippen LogP contribution in [0.5, 0.6) is 5.75 Å². The van der Waals surface area contributed by atoms with Gasteiger partial charge in [0.25, 0.3) is 5.91 Å². The third-order valence-electron chi connectivity index (χ3n) is 5.43. The molecule has 0 atom stereocenters. The fourth-order valence-corrected chi connectivity index (χ4v) is 3.58. The highest BCUT2D eigenvalue weighted by Gasteiger charge is 2.32. The Morgan fingerprint density at radius 3 is 2.32 bits per heavy atom. The molecule has 1 amide bonds. The highest BCUT2D eigenvalue weighted by molar-refractivity contribution is 6.34. The van der Waals surface area contributed by atoms with Crippen LogP contribution in [0.25, 0.3) is 0 Å². The number of carbonyl (C=O) groups is 3. The van der Waals surface area contributed by atoms with E-state index in [4.69, 9.17) is 33.0 Å². The first-order valence-corrected chi connectivity index (χ1v) is 12.1. The smallest absolute Gasteiger partial charge is 0.416 e. The summed E-state index contributed by atoms with van der Waals surface area (Å²) in [7, 11) is 0. The zero-order chi connectivity index (χ0) is 30.7. The van der Waals surface area contributed by atoms with Gasteiger partial charge in [-0.25, -0.2) is 8.78 Å². The number of rotatable bonds is 7. The van der Waals surface area contributed by atoms with E-state index >= 15 is 0 Å². The molecule has 0 saturated carbocycles. The molecule has 0 aliphatic heterocycles. The first-order chi connectivity index (χ1) is 19.0. The number of carbonyl (C=O) groups excluding carboxylic acids is 2. The maximum Gasteiger partial charge on any atom is 0.416 e. The number of ether oxygens (including phenoxy) is 1. The number of carboxylic acids is 1. The molecule has 3 aromatic rings. The molecular formula is C28H18Cl2F5NO5. The van der Waals surface area contributed by atoms with Gasteiger partial charge in [0.15, 0.2) is 18.2 Å². The molecule has 214 valence electrons. The van der Waals surface area contributed by atoms with Gasteiger partial charge in [0, 0.05) is 10.6 Å². The van der Waals surface area contributed by atoms with Crippen LogP contribution in [0.15, 0.2) is 48.5 Å². The number of halogens is 7. The van der Waals surface area contributed by atoms with E-state index in [9.17, 15) is 36.3 Å². The van der Waals surface area contributed by atoms with Gasteiger partial charge in [-0.3, -0.25) is 14.4 Å². The Balaban J connectivity index is 1.79. The highest BCUT2D eigenvalue weighted by Crippen LogP contribution is 2.33. The largest absolute Gasteiger partial charge is 0.483 e. The van der Waals surface area contributed by atoms with Gasteiger partial charge in [-0.15, -0.1) is 0 Å². The van der Waals surface area contributed by atoms with Gasteiger partial charge in [0.2, 0.25) is 0 Å². The first-order valence-electron chi connectivity index (χ1n) is 11.4. The van der Waals surface area contributed by atoms with Crippen molar-refractivity contribution in [1.82, 2.24) is 0 Å². The van der Waals surface area contributed by atoms with Crippen LogP contribution in [-0.4, -0.2) is 29.4 Å². The lowest BCUT2D eigenvalue weighted by atomic mass is 9.94. The van der Waals surface area contributed by atoms with Gasteiger partial charge < -0.3 is 15.2 Å². The molecule has 41 heavy (non-hydrogen) atoms. The summed E-state index contributed by atoms with van der Waals surface area (Å²) in [6, 6.07) is 7.26. The molecule has 0 aliphatic carbocycles. The number of aliphatic carboxylic acids is 1. The lowest BCUT2D eigenvalue weighted by Gasteiger charge is -2.14. The number of amides is 1. The minimum Gasteiger partial charge on any atom is -0.483 e. The lowest BCUT2D eigenvalue weighted by molar-refractivity contribution is -0.143.